The quantitative estimate of drug-likeness (QED) is 0.782. The minimum absolute atomic E-state index is 0. The normalized spacial score (nSPS) is 21.3. The zero-order valence-electron chi connectivity index (χ0n) is 12.0. The van der Waals surface area contributed by atoms with Gasteiger partial charge in [0.05, 0.1) is 9.92 Å². The minimum Gasteiger partial charge on any atom is -0.433 e. The number of alkyl halides is 2. The lowest BCUT2D eigenvalue weighted by molar-refractivity contribution is -0.0498. The largest absolute Gasteiger partial charge is 0.433 e. The Bertz CT molecular complexity index is 632. The van der Waals surface area contributed by atoms with Gasteiger partial charge in [0.15, 0.2) is 0 Å². The smallest absolute Gasteiger partial charge is 0.387 e. The Morgan fingerprint density at radius 2 is 2.09 bits per heavy atom. The van der Waals surface area contributed by atoms with Crippen LogP contribution in [0.1, 0.15) is 19.3 Å². The molecular formula is C13H18Cl2F2N2O3S. The highest BCUT2D eigenvalue weighted by Gasteiger charge is 2.30. The molecule has 0 heterocycles. The third kappa shape index (κ3) is 5.15. The zero-order valence-corrected chi connectivity index (χ0v) is 14.4. The second kappa shape index (κ2) is 8.43. The van der Waals surface area contributed by atoms with E-state index in [9.17, 15) is 17.2 Å². The molecule has 0 saturated heterocycles. The van der Waals surface area contributed by atoms with Gasteiger partial charge < -0.3 is 10.5 Å². The number of ether oxygens (including phenoxy) is 1. The second-order valence-corrected chi connectivity index (χ2v) is 7.25. The van der Waals surface area contributed by atoms with E-state index in [-0.39, 0.29) is 40.0 Å². The molecule has 0 bridgehead atoms. The molecule has 1 fully saturated rings. The van der Waals surface area contributed by atoms with Crippen molar-refractivity contribution in [3.8, 4) is 5.75 Å². The van der Waals surface area contributed by atoms with Crippen LogP contribution in [0.4, 0.5) is 8.78 Å². The molecule has 23 heavy (non-hydrogen) atoms. The van der Waals surface area contributed by atoms with E-state index in [0.29, 0.717) is 6.54 Å². The van der Waals surface area contributed by atoms with Gasteiger partial charge in [-0.2, -0.15) is 8.78 Å². The van der Waals surface area contributed by atoms with Crippen LogP contribution in [0, 0.1) is 5.92 Å². The number of nitrogens with two attached hydrogens (primary N) is 1. The highest BCUT2D eigenvalue weighted by Crippen LogP contribution is 2.30. The molecule has 1 saturated carbocycles. The van der Waals surface area contributed by atoms with Crippen molar-refractivity contribution in [2.45, 2.75) is 36.8 Å². The van der Waals surface area contributed by atoms with E-state index in [1.807, 2.05) is 0 Å². The number of hydrogen-bond acceptors (Lipinski definition) is 4. The third-order valence-electron chi connectivity index (χ3n) is 3.70. The van der Waals surface area contributed by atoms with Crippen LogP contribution < -0.4 is 15.2 Å². The summed E-state index contributed by atoms with van der Waals surface area (Å²) in [6.45, 7) is -2.61. The highest BCUT2D eigenvalue weighted by molar-refractivity contribution is 7.89. The lowest BCUT2D eigenvalue weighted by Crippen LogP contribution is -2.39. The van der Waals surface area contributed by atoms with Gasteiger partial charge in [-0.3, -0.25) is 0 Å². The van der Waals surface area contributed by atoms with Crippen molar-refractivity contribution in [1.29, 1.82) is 0 Å². The van der Waals surface area contributed by atoms with Gasteiger partial charge in [-0.05, 0) is 43.5 Å². The molecule has 1 aromatic rings. The van der Waals surface area contributed by atoms with E-state index >= 15 is 0 Å². The maximum Gasteiger partial charge on any atom is 0.387 e. The Kier molecular flexibility index (Phi) is 7.47. The van der Waals surface area contributed by atoms with Gasteiger partial charge in [0.25, 0.3) is 0 Å². The van der Waals surface area contributed by atoms with Gasteiger partial charge in [-0.25, -0.2) is 13.1 Å². The molecule has 5 nitrogen and oxygen atoms in total. The van der Waals surface area contributed by atoms with Crippen molar-refractivity contribution in [2.75, 3.05) is 6.54 Å². The van der Waals surface area contributed by atoms with Gasteiger partial charge in [-0.1, -0.05) is 18.0 Å². The van der Waals surface area contributed by atoms with Crippen LogP contribution in [0.25, 0.3) is 0 Å². The highest BCUT2D eigenvalue weighted by atomic mass is 35.5. The van der Waals surface area contributed by atoms with Crippen molar-refractivity contribution >= 4 is 34.0 Å². The Hall–Kier alpha value is -0.670. The Morgan fingerprint density at radius 1 is 1.39 bits per heavy atom. The van der Waals surface area contributed by atoms with E-state index in [4.69, 9.17) is 17.3 Å². The van der Waals surface area contributed by atoms with Crippen molar-refractivity contribution < 1.29 is 21.9 Å². The molecule has 2 rings (SSSR count). The molecule has 0 spiro atoms. The van der Waals surface area contributed by atoms with Crippen molar-refractivity contribution in [3.63, 3.8) is 0 Å². The van der Waals surface area contributed by atoms with Gasteiger partial charge in [0.2, 0.25) is 10.0 Å². The number of benzene rings is 1. The molecule has 1 aliphatic rings. The lowest BCUT2D eigenvalue weighted by atomic mass is 10.1. The number of halogens is 4. The van der Waals surface area contributed by atoms with Crippen LogP contribution in [-0.2, 0) is 10.0 Å². The summed E-state index contributed by atoms with van der Waals surface area (Å²) in [6.07, 6.45) is 2.52. The van der Waals surface area contributed by atoms with E-state index in [1.54, 1.807) is 0 Å². The van der Waals surface area contributed by atoms with Crippen LogP contribution in [0.15, 0.2) is 23.1 Å². The van der Waals surface area contributed by atoms with E-state index < -0.39 is 16.6 Å². The number of nitrogens with one attached hydrogen (secondary N) is 1. The van der Waals surface area contributed by atoms with Crippen molar-refractivity contribution in [1.82, 2.24) is 4.72 Å². The average Bonchev–Trinajstić information content (AvgIpc) is 2.87. The molecule has 3 N–H and O–H groups in total. The Balaban J connectivity index is 0.00000264. The summed E-state index contributed by atoms with van der Waals surface area (Å²) >= 11 is 5.78. The van der Waals surface area contributed by atoms with Crippen molar-refractivity contribution in [3.05, 3.63) is 23.2 Å². The first-order valence-corrected chi connectivity index (χ1v) is 8.66. The van der Waals surface area contributed by atoms with Crippen LogP contribution in [-0.4, -0.2) is 27.6 Å². The Labute approximate surface area is 145 Å². The summed E-state index contributed by atoms with van der Waals surface area (Å²) in [7, 11) is -3.79. The molecule has 1 aliphatic carbocycles. The van der Waals surface area contributed by atoms with E-state index in [0.717, 1.165) is 31.4 Å². The summed E-state index contributed by atoms with van der Waals surface area (Å²) in [4.78, 5) is -0.0956. The van der Waals surface area contributed by atoms with Gasteiger partial charge in [0.1, 0.15) is 5.75 Å². The first-order valence-electron chi connectivity index (χ1n) is 6.80. The van der Waals surface area contributed by atoms with Gasteiger partial charge in [0, 0.05) is 6.04 Å². The van der Waals surface area contributed by atoms with Crippen molar-refractivity contribution in [2.24, 2.45) is 11.7 Å². The SMILES string of the molecule is Cl.NCC1CCCC1NS(=O)(=O)c1ccc(OC(F)F)c(Cl)c1. The third-order valence-corrected chi connectivity index (χ3v) is 5.48. The monoisotopic (exact) mass is 390 g/mol. The second-order valence-electron chi connectivity index (χ2n) is 5.13. The maximum absolute atomic E-state index is 12.3. The summed E-state index contributed by atoms with van der Waals surface area (Å²) in [5.41, 5.74) is 5.63. The summed E-state index contributed by atoms with van der Waals surface area (Å²) in [6, 6.07) is 3.16. The maximum atomic E-state index is 12.3. The molecule has 0 amide bonds. The first-order chi connectivity index (χ1) is 10.3. The van der Waals surface area contributed by atoms with Gasteiger partial charge in [-0.15, -0.1) is 12.4 Å². The molecular weight excluding hydrogens is 373 g/mol. The van der Waals surface area contributed by atoms with Crippen LogP contribution in [0.5, 0.6) is 5.75 Å². The fourth-order valence-electron chi connectivity index (χ4n) is 2.58. The molecule has 10 heteroatoms. The minimum atomic E-state index is -3.79. The molecule has 1 aromatic carbocycles. The summed E-state index contributed by atoms with van der Waals surface area (Å²) < 4.78 is 55.8. The predicted octanol–water partition coefficient (Wildman–Crippen LogP) is 2.77. The molecule has 0 radical (unpaired) electrons. The van der Waals surface area contributed by atoms with E-state index in [1.165, 1.54) is 6.07 Å². The predicted molar refractivity (Wildman–Crippen MR) is 85.8 cm³/mol. The number of sulfonamides is 1. The summed E-state index contributed by atoms with van der Waals surface area (Å²) in [5.74, 6) is -0.164. The Morgan fingerprint density at radius 3 is 2.65 bits per heavy atom. The standard InChI is InChI=1S/C13H17ClF2N2O3S.ClH/c14-10-6-9(4-5-12(10)21-13(15)16)22(19,20)18-11-3-1-2-8(11)7-17;/h4-6,8,11,13,18H,1-3,7,17H2;1H. The van der Waals surface area contributed by atoms with Crippen LogP contribution in [0.2, 0.25) is 5.02 Å². The topological polar surface area (TPSA) is 81.4 Å². The molecule has 0 aromatic heterocycles. The molecule has 2 atom stereocenters. The average molecular weight is 391 g/mol. The number of rotatable bonds is 6. The first kappa shape index (κ1) is 20.4. The fourth-order valence-corrected chi connectivity index (χ4v) is 4.24. The van der Waals surface area contributed by atoms with Crippen LogP contribution >= 0.6 is 24.0 Å². The molecule has 2 unspecified atom stereocenters. The number of hydrogen-bond donors (Lipinski definition) is 2. The molecule has 0 aliphatic heterocycles. The molecule has 132 valence electrons. The van der Waals surface area contributed by atoms with Crippen LogP contribution in [0.3, 0.4) is 0 Å². The van der Waals surface area contributed by atoms with Gasteiger partial charge >= 0.3 is 6.61 Å². The zero-order chi connectivity index (χ0) is 16.3. The summed E-state index contributed by atoms with van der Waals surface area (Å²) in [5, 5.41) is -0.190. The lowest BCUT2D eigenvalue weighted by Gasteiger charge is -2.19. The fraction of sp³-hybridized carbons (Fsp3) is 0.538. The van der Waals surface area contributed by atoms with E-state index in [2.05, 4.69) is 9.46 Å².